The Morgan fingerprint density at radius 1 is 1.73 bits per heavy atom. The highest BCUT2D eigenvalue weighted by molar-refractivity contribution is 7.81. The Hall–Kier alpha value is 0.0700. The van der Waals surface area contributed by atoms with Crippen LogP contribution in [0.4, 0.5) is 0 Å². The van der Waals surface area contributed by atoms with Crippen molar-refractivity contribution in [3.05, 3.63) is 0 Å². The van der Waals surface area contributed by atoms with E-state index in [0.29, 0.717) is 5.25 Å². The lowest BCUT2D eigenvalue weighted by atomic mass is 10.2. The fourth-order valence-corrected chi connectivity index (χ4v) is 1.36. The van der Waals surface area contributed by atoms with E-state index in [2.05, 4.69) is 22.7 Å². The first-order valence-electron chi connectivity index (χ1n) is 3.23. The van der Waals surface area contributed by atoms with Gasteiger partial charge in [0.2, 0.25) is 0 Å². The largest absolute Gasteiger partial charge is 0.468 e. The summed E-state index contributed by atoms with van der Waals surface area (Å²) in [6.45, 7) is 0.795. The Morgan fingerprint density at radius 2 is 2.36 bits per heavy atom. The molecule has 0 aromatic carbocycles. The summed E-state index contributed by atoms with van der Waals surface area (Å²) in [7, 11) is 1.40. The molecule has 1 aliphatic rings. The lowest BCUT2D eigenvalue weighted by Gasteiger charge is -2.05. The molecule has 0 aromatic rings. The predicted molar refractivity (Wildman–Crippen MR) is 48.4 cm³/mol. The van der Waals surface area contributed by atoms with E-state index in [-0.39, 0.29) is 24.4 Å². The number of rotatable bonds is 1. The van der Waals surface area contributed by atoms with Crippen molar-refractivity contribution in [2.24, 2.45) is 0 Å². The molecule has 3 nitrogen and oxygen atoms in total. The molecule has 0 spiro atoms. The molecule has 0 radical (unpaired) electrons. The van der Waals surface area contributed by atoms with Gasteiger partial charge in [0.15, 0.2) is 0 Å². The molecule has 1 N–H and O–H groups in total. The number of ether oxygens (including phenoxy) is 1. The van der Waals surface area contributed by atoms with Crippen LogP contribution in [-0.4, -0.2) is 30.9 Å². The molecule has 2 atom stereocenters. The summed E-state index contributed by atoms with van der Waals surface area (Å²) in [6.07, 6.45) is 0.774. The van der Waals surface area contributed by atoms with E-state index in [9.17, 15) is 4.79 Å². The molecule has 0 aliphatic carbocycles. The van der Waals surface area contributed by atoms with Gasteiger partial charge in [0.1, 0.15) is 6.04 Å². The number of hydrogen-bond donors (Lipinski definition) is 2. The zero-order valence-corrected chi connectivity index (χ0v) is 7.95. The fourth-order valence-electron chi connectivity index (χ4n) is 1.04. The smallest absolute Gasteiger partial charge is 0.322 e. The number of nitrogens with one attached hydrogen (secondary N) is 1. The van der Waals surface area contributed by atoms with Crippen LogP contribution in [0.1, 0.15) is 6.42 Å². The predicted octanol–water partition coefficient (Wildman–Crippen LogP) is 0.241. The van der Waals surface area contributed by atoms with Gasteiger partial charge >= 0.3 is 5.97 Å². The van der Waals surface area contributed by atoms with Gasteiger partial charge in [0.25, 0.3) is 0 Å². The highest BCUT2D eigenvalue weighted by atomic mass is 35.5. The molecule has 0 bridgehead atoms. The molecule has 0 amide bonds. The number of methoxy groups -OCH3 is 1. The third-order valence-corrected chi connectivity index (χ3v) is 1.99. The molecule has 1 saturated heterocycles. The summed E-state index contributed by atoms with van der Waals surface area (Å²) >= 11 is 4.21. The lowest BCUT2D eigenvalue weighted by Crippen LogP contribution is -2.31. The third kappa shape index (κ3) is 2.89. The molecule has 1 rings (SSSR count). The Morgan fingerprint density at radius 3 is 2.73 bits per heavy atom. The van der Waals surface area contributed by atoms with Crippen LogP contribution in [-0.2, 0) is 9.53 Å². The number of carbonyl (C=O) groups excluding carboxylic acids is 1. The fraction of sp³-hybridized carbons (Fsp3) is 0.833. The molecular weight excluding hydrogens is 186 g/mol. The third-order valence-electron chi connectivity index (χ3n) is 1.59. The van der Waals surface area contributed by atoms with Gasteiger partial charge in [-0.3, -0.25) is 4.79 Å². The van der Waals surface area contributed by atoms with E-state index >= 15 is 0 Å². The van der Waals surface area contributed by atoms with Crippen molar-refractivity contribution in [3.63, 3.8) is 0 Å². The van der Waals surface area contributed by atoms with Gasteiger partial charge in [0.05, 0.1) is 7.11 Å². The Bertz CT molecular complexity index is 145. The molecule has 1 heterocycles. The van der Waals surface area contributed by atoms with Gasteiger partial charge in [0, 0.05) is 11.8 Å². The second-order valence-electron chi connectivity index (χ2n) is 2.37. The Balaban J connectivity index is 0.000001000. The van der Waals surface area contributed by atoms with Gasteiger partial charge < -0.3 is 10.1 Å². The van der Waals surface area contributed by atoms with Crippen LogP contribution in [0.2, 0.25) is 0 Å². The quantitative estimate of drug-likeness (QED) is 0.467. The van der Waals surface area contributed by atoms with Gasteiger partial charge in [-0.15, -0.1) is 12.4 Å². The summed E-state index contributed by atoms with van der Waals surface area (Å²) in [5.74, 6) is -0.184. The van der Waals surface area contributed by atoms with Gasteiger partial charge in [-0.25, -0.2) is 0 Å². The van der Waals surface area contributed by atoms with Crippen molar-refractivity contribution in [2.75, 3.05) is 13.7 Å². The van der Waals surface area contributed by atoms with Crippen molar-refractivity contribution in [3.8, 4) is 0 Å². The average Bonchev–Trinajstić information content (AvgIpc) is 2.34. The highest BCUT2D eigenvalue weighted by Gasteiger charge is 2.27. The first-order chi connectivity index (χ1) is 4.74. The Labute approximate surface area is 77.7 Å². The maximum atomic E-state index is 10.8. The molecule has 5 heteroatoms. The molecule has 0 unspecified atom stereocenters. The van der Waals surface area contributed by atoms with Crippen molar-refractivity contribution < 1.29 is 9.53 Å². The second kappa shape index (κ2) is 4.85. The minimum Gasteiger partial charge on any atom is -0.468 e. The molecule has 0 saturated carbocycles. The zero-order valence-electron chi connectivity index (χ0n) is 6.24. The summed E-state index contributed by atoms with van der Waals surface area (Å²) in [4.78, 5) is 10.8. The van der Waals surface area contributed by atoms with Crippen molar-refractivity contribution in [1.82, 2.24) is 5.32 Å². The zero-order chi connectivity index (χ0) is 7.56. The maximum Gasteiger partial charge on any atom is 0.322 e. The van der Waals surface area contributed by atoms with Crippen molar-refractivity contribution >= 4 is 31.0 Å². The first kappa shape index (κ1) is 11.1. The van der Waals surface area contributed by atoms with E-state index in [1.807, 2.05) is 0 Å². The second-order valence-corrected chi connectivity index (χ2v) is 3.10. The summed E-state index contributed by atoms with van der Waals surface area (Å²) in [6, 6.07) is -0.132. The van der Waals surface area contributed by atoms with E-state index < -0.39 is 0 Å². The normalized spacial score (nSPS) is 29.3. The van der Waals surface area contributed by atoms with Crippen LogP contribution >= 0.6 is 25.0 Å². The summed E-state index contributed by atoms with van der Waals surface area (Å²) < 4.78 is 4.55. The molecule has 11 heavy (non-hydrogen) atoms. The average molecular weight is 198 g/mol. The van der Waals surface area contributed by atoms with E-state index in [0.717, 1.165) is 13.0 Å². The van der Waals surface area contributed by atoms with Crippen LogP contribution in [0.25, 0.3) is 0 Å². The van der Waals surface area contributed by atoms with Crippen LogP contribution < -0.4 is 5.32 Å². The van der Waals surface area contributed by atoms with Crippen LogP contribution in [0.15, 0.2) is 0 Å². The van der Waals surface area contributed by atoms with Gasteiger partial charge in [-0.05, 0) is 6.42 Å². The van der Waals surface area contributed by atoms with E-state index in [1.54, 1.807) is 0 Å². The minimum absolute atomic E-state index is 0. The standard InChI is InChI=1S/C6H11NO2S.ClH/c1-9-6(8)5-2-4(10)3-7-5;/h4-5,7,10H,2-3H2,1H3;1H/t4-,5+;/m0./s1. The summed E-state index contributed by atoms with van der Waals surface area (Å²) in [5, 5.41) is 3.30. The number of esters is 1. The van der Waals surface area contributed by atoms with E-state index in [1.165, 1.54) is 7.11 Å². The monoisotopic (exact) mass is 197 g/mol. The SMILES string of the molecule is COC(=O)[C@H]1C[C@H](S)CN1.Cl. The molecular formula is C6H12ClNO2S. The summed E-state index contributed by atoms with van der Waals surface area (Å²) in [5.41, 5.74) is 0. The Kier molecular flexibility index (Phi) is 4.88. The van der Waals surface area contributed by atoms with E-state index in [4.69, 9.17) is 0 Å². The van der Waals surface area contributed by atoms with Crippen molar-refractivity contribution in [1.29, 1.82) is 0 Å². The van der Waals surface area contributed by atoms with Crippen LogP contribution in [0.5, 0.6) is 0 Å². The molecule has 1 fully saturated rings. The van der Waals surface area contributed by atoms with Crippen LogP contribution in [0, 0.1) is 0 Å². The minimum atomic E-state index is -0.184. The molecule has 66 valence electrons. The van der Waals surface area contributed by atoms with Gasteiger partial charge in [-0.2, -0.15) is 12.6 Å². The number of halogens is 1. The van der Waals surface area contributed by atoms with Gasteiger partial charge in [-0.1, -0.05) is 0 Å². The first-order valence-corrected chi connectivity index (χ1v) is 3.75. The lowest BCUT2D eigenvalue weighted by molar-refractivity contribution is -0.142. The molecule has 1 aliphatic heterocycles. The number of thiol groups is 1. The number of carbonyl (C=O) groups is 1. The maximum absolute atomic E-state index is 10.8. The van der Waals surface area contributed by atoms with Crippen LogP contribution in [0.3, 0.4) is 0 Å². The van der Waals surface area contributed by atoms with Crippen molar-refractivity contribution in [2.45, 2.75) is 17.7 Å². The highest BCUT2D eigenvalue weighted by Crippen LogP contribution is 2.12. The topological polar surface area (TPSA) is 38.3 Å². The number of hydrogen-bond acceptors (Lipinski definition) is 4. The molecule has 0 aromatic heterocycles.